The second kappa shape index (κ2) is 20.0. The molecule has 0 bridgehead atoms. The van der Waals surface area contributed by atoms with Gasteiger partial charge >= 0.3 is 17.9 Å². The maximum Gasteiger partial charge on any atom is 0.320 e. The molecule has 1 rings (SSSR count). The van der Waals surface area contributed by atoms with Gasteiger partial charge in [-0.05, 0) is 37.8 Å². The minimum Gasteiger partial charge on any atom is -0.481 e. The second-order valence-corrected chi connectivity index (χ2v) is 6.12. The lowest BCUT2D eigenvalue weighted by atomic mass is 10.1. The molecule has 0 spiro atoms. The lowest BCUT2D eigenvalue weighted by molar-refractivity contribution is -0.139. The Kier molecular flexibility index (Phi) is 19.7. The van der Waals surface area contributed by atoms with Gasteiger partial charge in [-0.15, -0.1) is 0 Å². The van der Waals surface area contributed by atoms with Crippen molar-refractivity contribution in [3.63, 3.8) is 0 Å². The number of carboxylic acids is 3. The van der Waals surface area contributed by atoms with Gasteiger partial charge in [-0.25, -0.2) is 0 Å². The third-order valence-electron chi connectivity index (χ3n) is 3.39. The largest absolute Gasteiger partial charge is 0.481 e. The molecule has 0 radical (unpaired) electrons. The molecule has 0 saturated carbocycles. The van der Waals surface area contributed by atoms with Crippen LogP contribution in [0.15, 0.2) is 36.4 Å². The molecule has 0 unspecified atom stereocenters. The van der Waals surface area contributed by atoms with Crippen LogP contribution >= 0.6 is 0 Å². The van der Waals surface area contributed by atoms with Crippen molar-refractivity contribution in [1.82, 2.24) is 0 Å². The first-order valence-electron chi connectivity index (χ1n) is 9.58. The Balaban J connectivity index is 0. The van der Waals surface area contributed by atoms with E-state index in [2.05, 4.69) is 0 Å². The minimum atomic E-state index is -0.933. The highest BCUT2D eigenvalue weighted by Gasteiger charge is 2.09. The monoisotopic (exact) mass is 410 g/mol. The van der Waals surface area contributed by atoms with E-state index < -0.39 is 23.9 Å². The fraction of sp³-hybridized carbons (Fsp3) is 0.476. The van der Waals surface area contributed by atoms with E-state index in [9.17, 15) is 14.4 Å². The van der Waals surface area contributed by atoms with E-state index in [-0.39, 0.29) is 6.42 Å². The maximum atomic E-state index is 10.2. The van der Waals surface area contributed by atoms with Crippen molar-refractivity contribution in [3.8, 4) is 0 Å². The van der Waals surface area contributed by atoms with E-state index in [1.807, 2.05) is 49.4 Å². The van der Waals surface area contributed by atoms with Crippen LogP contribution in [0.1, 0.15) is 57.4 Å². The van der Waals surface area contributed by atoms with E-state index in [1.165, 1.54) is 0 Å². The molecule has 0 saturated heterocycles. The molecule has 0 fully saturated rings. The Morgan fingerprint density at radius 2 is 1.59 bits per heavy atom. The number of benzene rings is 1. The number of carbonyl (C=O) groups is 3. The van der Waals surface area contributed by atoms with Gasteiger partial charge in [0.15, 0.2) is 0 Å². The summed E-state index contributed by atoms with van der Waals surface area (Å²) >= 11 is 0. The molecule has 164 valence electrons. The summed E-state index contributed by atoms with van der Waals surface area (Å²) in [7, 11) is 0. The fourth-order valence-electron chi connectivity index (χ4n) is 1.84. The molecule has 8 heteroatoms. The molecule has 0 aliphatic carbocycles. The molecule has 0 aliphatic heterocycles. The zero-order valence-electron chi connectivity index (χ0n) is 17.0. The lowest BCUT2D eigenvalue weighted by Crippen LogP contribution is -2.29. The third-order valence-corrected chi connectivity index (χ3v) is 3.39. The average molecular weight is 411 g/mol. The Labute approximate surface area is 172 Å². The van der Waals surface area contributed by atoms with Crippen molar-refractivity contribution in [3.05, 3.63) is 42.0 Å². The summed E-state index contributed by atoms with van der Waals surface area (Å²) in [6, 6.07) is 9.11. The predicted molar refractivity (Wildman–Crippen MR) is 113 cm³/mol. The summed E-state index contributed by atoms with van der Waals surface area (Å²) in [6.07, 6.45) is 7.78. The van der Waals surface area contributed by atoms with Crippen LogP contribution in [0.4, 0.5) is 0 Å². The zero-order chi connectivity index (χ0) is 22.5. The first-order chi connectivity index (χ1) is 13.7. The summed E-state index contributed by atoms with van der Waals surface area (Å²) in [6.45, 7) is 2.44. The van der Waals surface area contributed by atoms with Crippen molar-refractivity contribution >= 4 is 24.0 Å². The molecule has 0 aromatic heterocycles. The van der Waals surface area contributed by atoms with Gasteiger partial charge in [-0.1, -0.05) is 55.8 Å². The highest BCUT2D eigenvalue weighted by molar-refractivity contribution is 5.72. The van der Waals surface area contributed by atoms with Crippen molar-refractivity contribution in [2.24, 2.45) is 11.5 Å². The van der Waals surface area contributed by atoms with E-state index >= 15 is 0 Å². The fourth-order valence-corrected chi connectivity index (χ4v) is 1.84. The summed E-state index contributed by atoms with van der Waals surface area (Å²) in [5, 5.41) is 24.6. The van der Waals surface area contributed by atoms with Crippen LogP contribution in [0.25, 0.3) is 6.08 Å². The zero-order valence-corrected chi connectivity index (χ0v) is 17.0. The number of unbranched alkanes of at least 4 members (excludes halogenated alkanes) is 1. The molecular weight excluding hydrogens is 376 g/mol. The van der Waals surface area contributed by atoms with Crippen LogP contribution in [-0.2, 0) is 14.4 Å². The Bertz CT molecular complexity index is 590. The number of nitrogens with two attached hydrogens (primary N) is 2. The van der Waals surface area contributed by atoms with Gasteiger partial charge in [0.2, 0.25) is 0 Å². The van der Waals surface area contributed by atoms with Gasteiger partial charge in [0.05, 0.1) is 0 Å². The molecular formula is C21H34N2O6. The summed E-state index contributed by atoms with van der Waals surface area (Å²) in [4.78, 5) is 29.9. The van der Waals surface area contributed by atoms with E-state index in [0.29, 0.717) is 25.8 Å². The van der Waals surface area contributed by atoms with Crippen LogP contribution in [0.5, 0.6) is 0 Å². The van der Waals surface area contributed by atoms with Crippen molar-refractivity contribution in [1.29, 1.82) is 0 Å². The molecule has 7 N–H and O–H groups in total. The van der Waals surface area contributed by atoms with Crippen molar-refractivity contribution < 1.29 is 29.7 Å². The van der Waals surface area contributed by atoms with Crippen molar-refractivity contribution in [2.75, 3.05) is 6.54 Å². The standard InChI is InChI=1S/C11H12O2.C6H14N2O2.C4H8O2/c12-11(13)9-5-4-8-10-6-2-1-3-7-10;7-4-2-1-3-5(8)6(9)10;1-2-3-4(5)6/h1-4,6-8H,5,9H2,(H,12,13);5H,1-4,7-8H2,(H,9,10);2-3H2,1H3,(H,5,6)/t;5-;/m.0./s1. The van der Waals surface area contributed by atoms with Gasteiger partial charge in [-0.2, -0.15) is 0 Å². The normalized spacial score (nSPS) is 10.9. The van der Waals surface area contributed by atoms with Crippen LogP contribution in [0.2, 0.25) is 0 Å². The predicted octanol–water partition coefficient (Wildman–Crippen LogP) is 2.96. The highest BCUT2D eigenvalue weighted by atomic mass is 16.4. The molecule has 0 amide bonds. The molecule has 1 atom stereocenters. The summed E-state index contributed by atoms with van der Waals surface area (Å²) in [5.74, 6) is -2.40. The first kappa shape index (κ1) is 28.5. The first-order valence-corrected chi connectivity index (χ1v) is 9.58. The van der Waals surface area contributed by atoms with Gasteiger partial charge in [0.25, 0.3) is 0 Å². The van der Waals surface area contributed by atoms with E-state index in [4.69, 9.17) is 26.8 Å². The average Bonchev–Trinajstić information content (AvgIpc) is 2.67. The third kappa shape index (κ3) is 23.3. The SMILES string of the molecule is CCCC(=O)O.NCCCC[C@H](N)C(=O)O.O=C(O)CCC=Cc1ccccc1. The number of carboxylic acid groups (broad SMARTS) is 3. The number of aliphatic carboxylic acids is 3. The van der Waals surface area contributed by atoms with Crippen LogP contribution < -0.4 is 11.5 Å². The van der Waals surface area contributed by atoms with Crippen LogP contribution in [0.3, 0.4) is 0 Å². The van der Waals surface area contributed by atoms with E-state index in [0.717, 1.165) is 24.8 Å². The number of allylic oxidation sites excluding steroid dienone is 1. The summed E-state index contributed by atoms with van der Waals surface area (Å²) in [5.41, 5.74) is 11.5. The highest BCUT2D eigenvalue weighted by Crippen LogP contribution is 2.02. The van der Waals surface area contributed by atoms with Gasteiger partial charge in [0.1, 0.15) is 6.04 Å². The van der Waals surface area contributed by atoms with Crippen LogP contribution in [0, 0.1) is 0 Å². The molecule has 1 aromatic rings. The van der Waals surface area contributed by atoms with Gasteiger partial charge < -0.3 is 26.8 Å². The summed E-state index contributed by atoms with van der Waals surface area (Å²) < 4.78 is 0. The van der Waals surface area contributed by atoms with Gasteiger partial charge in [-0.3, -0.25) is 14.4 Å². The Morgan fingerprint density at radius 1 is 1.00 bits per heavy atom. The molecule has 29 heavy (non-hydrogen) atoms. The quantitative estimate of drug-likeness (QED) is 0.347. The second-order valence-electron chi connectivity index (χ2n) is 6.12. The van der Waals surface area contributed by atoms with Crippen molar-refractivity contribution in [2.45, 2.75) is 57.9 Å². The molecule has 1 aromatic carbocycles. The minimum absolute atomic E-state index is 0.198. The van der Waals surface area contributed by atoms with Crippen LogP contribution in [-0.4, -0.2) is 45.8 Å². The maximum absolute atomic E-state index is 10.2. The Morgan fingerprint density at radius 3 is 2.00 bits per heavy atom. The molecule has 0 aliphatic rings. The Hall–Kier alpha value is -2.71. The van der Waals surface area contributed by atoms with Gasteiger partial charge in [0, 0.05) is 12.8 Å². The topological polar surface area (TPSA) is 164 Å². The smallest absolute Gasteiger partial charge is 0.320 e. The number of rotatable bonds is 11. The van der Waals surface area contributed by atoms with E-state index in [1.54, 1.807) is 0 Å². The lowest BCUT2D eigenvalue weighted by Gasteiger charge is -2.03. The number of hydrogen-bond acceptors (Lipinski definition) is 5. The molecule has 0 heterocycles. The number of hydrogen-bond donors (Lipinski definition) is 5. The molecule has 8 nitrogen and oxygen atoms in total.